The summed E-state index contributed by atoms with van der Waals surface area (Å²) in [6.45, 7) is 5.66. The third kappa shape index (κ3) is 5.06. The summed E-state index contributed by atoms with van der Waals surface area (Å²) in [6, 6.07) is 6.03. The van der Waals surface area contributed by atoms with Crippen LogP contribution in [0.25, 0.3) is 0 Å². The minimum Gasteiger partial charge on any atom is -0.494 e. The molecule has 27 heavy (non-hydrogen) atoms. The molecular formula is C19H27N5O3. The largest absolute Gasteiger partial charge is 0.494 e. The number of aliphatic hydroxyl groups excluding tert-OH is 2. The number of ether oxygens (including phenoxy) is 1. The zero-order valence-electron chi connectivity index (χ0n) is 15.8. The molecule has 0 spiro atoms. The lowest BCUT2D eigenvalue weighted by molar-refractivity contribution is 0.0575. The Bertz CT molecular complexity index is 733. The van der Waals surface area contributed by atoms with Crippen LogP contribution in [0.2, 0.25) is 0 Å². The molecule has 0 bridgehead atoms. The SMILES string of the molecule is COc1cc(N2CCN(CC(O)CO)CC2)ccc1Nc1ncc(C)cn1. The van der Waals surface area contributed by atoms with Gasteiger partial charge in [0.15, 0.2) is 0 Å². The standard InChI is InChI=1S/C19H27N5O3/c1-14-10-20-19(21-11-14)22-17-4-3-15(9-18(17)27-2)24-7-5-23(6-8-24)12-16(26)13-25/h3-4,9-11,16,25-26H,5-8,12-13H2,1-2H3,(H,20,21,22). The number of aromatic nitrogens is 2. The van der Waals surface area contributed by atoms with E-state index in [0.717, 1.165) is 48.9 Å². The molecule has 1 aliphatic rings. The van der Waals surface area contributed by atoms with Gasteiger partial charge in [-0.15, -0.1) is 0 Å². The van der Waals surface area contributed by atoms with Gasteiger partial charge in [-0.05, 0) is 24.6 Å². The molecule has 1 aromatic carbocycles. The lowest BCUT2D eigenvalue weighted by atomic mass is 10.2. The quantitative estimate of drug-likeness (QED) is 0.662. The molecule has 8 nitrogen and oxygen atoms in total. The smallest absolute Gasteiger partial charge is 0.227 e. The van der Waals surface area contributed by atoms with E-state index in [1.165, 1.54) is 0 Å². The molecule has 1 aliphatic heterocycles. The maximum absolute atomic E-state index is 9.59. The molecule has 146 valence electrons. The molecule has 0 radical (unpaired) electrons. The molecule has 2 heterocycles. The van der Waals surface area contributed by atoms with Crippen LogP contribution in [0.15, 0.2) is 30.6 Å². The van der Waals surface area contributed by atoms with Gasteiger partial charge in [0.05, 0.1) is 25.5 Å². The highest BCUT2D eigenvalue weighted by atomic mass is 16.5. The second kappa shape index (κ2) is 8.98. The third-order valence-electron chi connectivity index (χ3n) is 4.63. The van der Waals surface area contributed by atoms with E-state index in [1.54, 1.807) is 19.5 Å². The van der Waals surface area contributed by atoms with Crippen molar-refractivity contribution in [1.29, 1.82) is 0 Å². The first-order valence-electron chi connectivity index (χ1n) is 9.09. The van der Waals surface area contributed by atoms with Gasteiger partial charge in [-0.2, -0.15) is 0 Å². The van der Waals surface area contributed by atoms with Crippen LogP contribution >= 0.6 is 0 Å². The third-order valence-corrected chi connectivity index (χ3v) is 4.63. The summed E-state index contributed by atoms with van der Waals surface area (Å²) < 4.78 is 5.55. The van der Waals surface area contributed by atoms with Gasteiger partial charge in [-0.3, -0.25) is 4.90 Å². The second-order valence-electron chi connectivity index (χ2n) is 6.72. The van der Waals surface area contributed by atoms with E-state index in [9.17, 15) is 5.11 Å². The highest BCUT2D eigenvalue weighted by Gasteiger charge is 2.20. The Morgan fingerprint density at radius 2 is 1.89 bits per heavy atom. The molecule has 0 saturated carbocycles. The average molecular weight is 373 g/mol. The first-order chi connectivity index (χ1) is 13.1. The number of benzene rings is 1. The van der Waals surface area contributed by atoms with Crippen molar-refractivity contribution in [3.63, 3.8) is 0 Å². The summed E-state index contributed by atoms with van der Waals surface area (Å²) in [5.41, 5.74) is 2.91. The van der Waals surface area contributed by atoms with Crippen LogP contribution in [0.3, 0.4) is 0 Å². The van der Waals surface area contributed by atoms with Crippen LogP contribution in [0, 0.1) is 6.92 Å². The normalized spacial score (nSPS) is 16.2. The van der Waals surface area contributed by atoms with E-state index < -0.39 is 6.10 Å². The molecule has 3 N–H and O–H groups in total. The minimum absolute atomic E-state index is 0.198. The maximum Gasteiger partial charge on any atom is 0.227 e. The molecule has 8 heteroatoms. The van der Waals surface area contributed by atoms with Crippen molar-refractivity contribution in [2.45, 2.75) is 13.0 Å². The van der Waals surface area contributed by atoms with Crippen LogP contribution in [-0.4, -0.2) is 77.6 Å². The molecule has 1 unspecified atom stereocenters. The number of rotatable bonds is 7. The Kier molecular flexibility index (Phi) is 6.44. The molecular weight excluding hydrogens is 346 g/mol. The second-order valence-corrected chi connectivity index (χ2v) is 6.72. The Morgan fingerprint density at radius 1 is 1.19 bits per heavy atom. The van der Waals surface area contributed by atoms with E-state index in [-0.39, 0.29) is 6.61 Å². The average Bonchev–Trinajstić information content (AvgIpc) is 2.70. The van der Waals surface area contributed by atoms with Gasteiger partial charge >= 0.3 is 0 Å². The van der Waals surface area contributed by atoms with Crippen LogP contribution in [0.5, 0.6) is 5.75 Å². The highest BCUT2D eigenvalue weighted by molar-refractivity contribution is 5.68. The highest BCUT2D eigenvalue weighted by Crippen LogP contribution is 2.31. The zero-order chi connectivity index (χ0) is 19.2. The zero-order valence-corrected chi connectivity index (χ0v) is 15.8. The van der Waals surface area contributed by atoms with Crippen molar-refractivity contribution >= 4 is 17.3 Å². The lowest BCUT2D eigenvalue weighted by Gasteiger charge is -2.36. The summed E-state index contributed by atoms with van der Waals surface area (Å²) in [5.74, 6) is 1.26. The first kappa shape index (κ1) is 19.3. The van der Waals surface area contributed by atoms with E-state index in [4.69, 9.17) is 9.84 Å². The van der Waals surface area contributed by atoms with Crippen molar-refractivity contribution in [3.05, 3.63) is 36.2 Å². The van der Waals surface area contributed by atoms with Crippen LogP contribution < -0.4 is 15.0 Å². The summed E-state index contributed by atoms with van der Waals surface area (Å²) in [6.07, 6.45) is 2.86. The Balaban J connectivity index is 1.65. The molecule has 0 aliphatic carbocycles. The lowest BCUT2D eigenvalue weighted by Crippen LogP contribution is -2.49. The van der Waals surface area contributed by atoms with Gasteiger partial charge in [0.25, 0.3) is 0 Å². The molecule has 3 rings (SSSR count). The number of aryl methyl sites for hydroxylation is 1. The Labute approximate surface area is 159 Å². The topological polar surface area (TPSA) is 94.0 Å². The summed E-state index contributed by atoms with van der Waals surface area (Å²) in [5, 5.41) is 21.8. The van der Waals surface area contributed by atoms with Crippen molar-refractivity contribution < 1.29 is 14.9 Å². The van der Waals surface area contributed by atoms with Crippen LogP contribution in [-0.2, 0) is 0 Å². The van der Waals surface area contributed by atoms with Gasteiger partial charge in [-0.25, -0.2) is 9.97 Å². The van der Waals surface area contributed by atoms with E-state index >= 15 is 0 Å². The minimum atomic E-state index is -0.675. The summed E-state index contributed by atoms with van der Waals surface area (Å²) >= 11 is 0. The number of piperazine rings is 1. The van der Waals surface area contributed by atoms with Gasteiger partial charge in [0, 0.05) is 56.9 Å². The fourth-order valence-corrected chi connectivity index (χ4v) is 3.10. The molecule has 1 fully saturated rings. The van der Waals surface area contributed by atoms with Gasteiger partial charge < -0.3 is 25.2 Å². The number of anilines is 3. The van der Waals surface area contributed by atoms with Crippen LogP contribution in [0.4, 0.5) is 17.3 Å². The Morgan fingerprint density at radius 3 is 2.52 bits per heavy atom. The maximum atomic E-state index is 9.59. The van der Waals surface area contributed by atoms with E-state index in [0.29, 0.717) is 12.5 Å². The molecule has 1 atom stereocenters. The number of hydrogen-bond donors (Lipinski definition) is 3. The molecule has 0 amide bonds. The molecule has 1 saturated heterocycles. The number of aliphatic hydroxyl groups is 2. The number of hydrogen-bond acceptors (Lipinski definition) is 8. The predicted molar refractivity (Wildman–Crippen MR) is 105 cm³/mol. The summed E-state index contributed by atoms with van der Waals surface area (Å²) in [7, 11) is 1.65. The number of β-amino-alcohol motifs (C(OH)–C–C–N with tert-alkyl or cyclic N) is 1. The number of methoxy groups -OCH3 is 1. The first-order valence-corrected chi connectivity index (χ1v) is 9.09. The molecule has 2 aromatic rings. The fraction of sp³-hybridized carbons (Fsp3) is 0.474. The van der Waals surface area contributed by atoms with E-state index in [2.05, 4.69) is 31.2 Å². The monoisotopic (exact) mass is 373 g/mol. The number of nitrogens with one attached hydrogen (secondary N) is 1. The van der Waals surface area contributed by atoms with E-state index in [1.807, 2.05) is 19.1 Å². The van der Waals surface area contributed by atoms with Gasteiger partial charge in [0.1, 0.15) is 5.75 Å². The summed E-state index contributed by atoms with van der Waals surface area (Å²) in [4.78, 5) is 13.0. The van der Waals surface area contributed by atoms with Gasteiger partial charge in [0.2, 0.25) is 5.95 Å². The molecule has 1 aromatic heterocycles. The Hall–Kier alpha value is -2.42. The van der Waals surface area contributed by atoms with Crippen molar-refractivity contribution in [3.8, 4) is 5.75 Å². The van der Waals surface area contributed by atoms with Crippen molar-refractivity contribution in [2.75, 3.05) is 56.7 Å². The fourth-order valence-electron chi connectivity index (χ4n) is 3.10. The predicted octanol–water partition coefficient (Wildman–Crippen LogP) is 1.01. The van der Waals surface area contributed by atoms with Gasteiger partial charge in [-0.1, -0.05) is 0 Å². The number of nitrogens with zero attached hydrogens (tertiary/aromatic N) is 4. The van der Waals surface area contributed by atoms with Crippen molar-refractivity contribution in [1.82, 2.24) is 14.9 Å². The van der Waals surface area contributed by atoms with Crippen LogP contribution in [0.1, 0.15) is 5.56 Å². The van der Waals surface area contributed by atoms with Crippen molar-refractivity contribution in [2.24, 2.45) is 0 Å².